The molecule has 1 N–H and O–H groups in total. The van der Waals surface area contributed by atoms with E-state index >= 15 is 0 Å². The van der Waals surface area contributed by atoms with E-state index in [9.17, 15) is 13.2 Å². The van der Waals surface area contributed by atoms with Crippen LogP contribution >= 0.6 is 0 Å². The van der Waals surface area contributed by atoms with E-state index in [0.29, 0.717) is 17.2 Å². The van der Waals surface area contributed by atoms with E-state index in [-0.39, 0.29) is 0 Å². The number of benzene rings is 3. The zero-order valence-corrected chi connectivity index (χ0v) is 21.8. The highest BCUT2D eigenvalue weighted by Crippen LogP contribution is 2.27. The van der Waals surface area contributed by atoms with Gasteiger partial charge in [0.2, 0.25) is 10.0 Å². The second-order valence-corrected chi connectivity index (χ2v) is 10.0. The Morgan fingerprint density at radius 3 is 2.03 bits per heavy atom. The molecule has 0 saturated carbocycles. The monoisotopic (exact) mass is 508 g/mol. The fourth-order valence-electron chi connectivity index (χ4n) is 3.72. The van der Waals surface area contributed by atoms with Crippen LogP contribution in [0.3, 0.4) is 0 Å². The van der Waals surface area contributed by atoms with Gasteiger partial charge in [0.05, 0.1) is 18.2 Å². The van der Waals surface area contributed by atoms with Crippen LogP contribution in [0, 0.1) is 0 Å². The van der Waals surface area contributed by atoms with E-state index in [1.54, 1.807) is 24.3 Å². The largest absolute Gasteiger partial charge is 0.457 e. The number of hydrazone groups is 1. The predicted molar refractivity (Wildman–Crippen MR) is 145 cm³/mol. The van der Waals surface area contributed by atoms with Gasteiger partial charge in [-0.3, -0.25) is 9.10 Å². The van der Waals surface area contributed by atoms with Crippen molar-refractivity contribution in [2.45, 2.75) is 26.8 Å². The highest BCUT2D eigenvalue weighted by atomic mass is 32.2. The van der Waals surface area contributed by atoms with E-state index in [2.05, 4.69) is 29.3 Å². The molecule has 0 bridgehead atoms. The van der Waals surface area contributed by atoms with Crippen molar-refractivity contribution in [2.24, 2.45) is 5.10 Å². The van der Waals surface area contributed by atoms with E-state index in [1.165, 1.54) is 13.1 Å². The molecule has 0 radical (unpaired) electrons. The van der Waals surface area contributed by atoms with Crippen LogP contribution in [0.2, 0.25) is 0 Å². The quantitative estimate of drug-likeness (QED) is 0.301. The third-order valence-corrected chi connectivity index (χ3v) is 6.81. The number of anilines is 2. The molecule has 36 heavy (non-hydrogen) atoms. The maximum Gasteiger partial charge on any atom is 0.263 e. The molecule has 9 heteroatoms. The minimum Gasteiger partial charge on any atom is -0.457 e. The molecule has 0 aliphatic carbocycles. The van der Waals surface area contributed by atoms with Crippen molar-refractivity contribution in [1.82, 2.24) is 5.43 Å². The average molecular weight is 509 g/mol. The SMILES string of the molecule is CCN(CC)c1ccc(/C=N\NC(=O)[C@H](C)N(c2ccc(Oc3ccccc3)cc2)S(C)(=O)=O)cc1. The predicted octanol–water partition coefficient (Wildman–Crippen LogP) is 4.63. The zero-order valence-electron chi connectivity index (χ0n) is 21.0. The van der Waals surface area contributed by atoms with Crippen molar-refractivity contribution in [1.29, 1.82) is 0 Å². The summed E-state index contributed by atoms with van der Waals surface area (Å²) in [5, 5.41) is 4.02. The van der Waals surface area contributed by atoms with Crippen LogP contribution in [-0.4, -0.2) is 45.9 Å². The van der Waals surface area contributed by atoms with Crippen molar-refractivity contribution in [2.75, 3.05) is 28.6 Å². The van der Waals surface area contributed by atoms with Crippen molar-refractivity contribution in [3.05, 3.63) is 84.4 Å². The van der Waals surface area contributed by atoms with Gasteiger partial charge in [-0.2, -0.15) is 5.10 Å². The van der Waals surface area contributed by atoms with E-state index < -0.39 is 22.0 Å². The summed E-state index contributed by atoms with van der Waals surface area (Å²) in [6, 6.07) is 22.6. The summed E-state index contributed by atoms with van der Waals surface area (Å²) in [6.07, 6.45) is 2.59. The minimum absolute atomic E-state index is 0.344. The lowest BCUT2D eigenvalue weighted by molar-refractivity contribution is -0.121. The second-order valence-electron chi connectivity index (χ2n) is 8.14. The zero-order chi connectivity index (χ0) is 26.1. The standard InChI is InChI=1S/C27H32N4O4S/c1-5-30(6-2)23-14-12-22(13-15-23)20-28-29-27(32)21(3)31(36(4,33)34)24-16-18-26(19-17-24)35-25-10-8-7-9-11-25/h7-21H,5-6H2,1-4H3,(H,29,32)/b28-20-/t21-/m0/s1. The lowest BCUT2D eigenvalue weighted by atomic mass is 10.2. The fraction of sp³-hybridized carbons (Fsp3) is 0.259. The van der Waals surface area contributed by atoms with Crippen molar-refractivity contribution < 1.29 is 17.9 Å². The number of hydrogen-bond donors (Lipinski definition) is 1. The van der Waals surface area contributed by atoms with Crippen LogP contribution in [0.4, 0.5) is 11.4 Å². The molecule has 1 amide bonds. The number of sulfonamides is 1. The van der Waals surface area contributed by atoms with Gasteiger partial charge in [-0.25, -0.2) is 13.8 Å². The molecule has 190 valence electrons. The number of carbonyl (C=O) groups excluding carboxylic acids is 1. The Bertz CT molecular complexity index is 1260. The highest BCUT2D eigenvalue weighted by molar-refractivity contribution is 7.92. The Morgan fingerprint density at radius 1 is 0.917 bits per heavy atom. The van der Waals surface area contributed by atoms with Crippen LogP contribution in [0.25, 0.3) is 0 Å². The summed E-state index contributed by atoms with van der Waals surface area (Å²) in [4.78, 5) is 15.0. The summed E-state index contributed by atoms with van der Waals surface area (Å²) in [5.41, 5.74) is 4.71. The van der Waals surface area contributed by atoms with Gasteiger partial charge in [0.25, 0.3) is 5.91 Å². The molecule has 8 nitrogen and oxygen atoms in total. The molecular weight excluding hydrogens is 476 g/mol. The number of nitrogens with zero attached hydrogens (tertiary/aromatic N) is 3. The van der Waals surface area contributed by atoms with Gasteiger partial charge in [-0.15, -0.1) is 0 Å². The maximum atomic E-state index is 12.8. The Morgan fingerprint density at radius 2 is 1.47 bits per heavy atom. The minimum atomic E-state index is -3.75. The topological polar surface area (TPSA) is 91.3 Å². The summed E-state index contributed by atoms with van der Waals surface area (Å²) in [5.74, 6) is 0.659. The van der Waals surface area contributed by atoms with Crippen molar-refractivity contribution >= 4 is 33.5 Å². The molecule has 1 atom stereocenters. The van der Waals surface area contributed by atoms with Gasteiger partial charge in [-0.1, -0.05) is 30.3 Å². The van der Waals surface area contributed by atoms with Crippen LogP contribution in [0.5, 0.6) is 11.5 Å². The van der Waals surface area contributed by atoms with E-state index in [0.717, 1.165) is 34.9 Å². The first-order valence-electron chi connectivity index (χ1n) is 11.7. The molecule has 0 fully saturated rings. The Labute approximate surface area is 213 Å². The first-order valence-corrected chi connectivity index (χ1v) is 13.6. The lowest BCUT2D eigenvalue weighted by Crippen LogP contribution is -2.46. The number of nitrogens with one attached hydrogen (secondary N) is 1. The molecule has 3 aromatic carbocycles. The van der Waals surface area contributed by atoms with Crippen LogP contribution in [-0.2, 0) is 14.8 Å². The number of rotatable bonds is 11. The number of ether oxygens (including phenoxy) is 1. The van der Waals surface area contributed by atoms with Gasteiger partial charge in [-0.05, 0) is 74.9 Å². The number of carbonyl (C=O) groups is 1. The maximum absolute atomic E-state index is 12.8. The molecule has 0 aliphatic heterocycles. The average Bonchev–Trinajstić information content (AvgIpc) is 2.86. The smallest absolute Gasteiger partial charge is 0.263 e. The molecule has 3 aromatic rings. The first-order chi connectivity index (χ1) is 17.2. The first kappa shape index (κ1) is 26.7. The van der Waals surface area contributed by atoms with Crippen molar-refractivity contribution in [3.63, 3.8) is 0 Å². The van der Waals surface area contributed by atoms with Crippen LogP contribution in [0.15, 0.2) is 84.0 Å². The summed E-state index contributed by atoms with van der Waals surface area (Å²) in [7, 11) is -3.75. The Hall–Kier alpha value is -3.85. The Kier molecular flexibility index (Phi) is 9.08. The molecule has 3 rings (SSSR count). The van der Waals surface area contributed by atoms with Gasteiger partial charge in [0.15, 0.2) is 0 Å². The number of amides is 1. The summed E-state index contributed by atoms with van der Waals surface area (Å²) >= 11 is 0. The number of para-hydroxylation sites is 1. The second kappa shape index (κ2) is 12.2. The van der Waals surface area contributed by atoms with Gasteiger partial charge in [0, 0.05) is 18.8 Å². The Balaban J connectivity index is 1.68. The third-order valence-electron chi connectivity index (χ3n) is 5.57. The van der Waals surface area contributed by atoms with E-state index in [1.807, 2.05) is 54.6 Å². The molecule has 0 aliphatic rings. The highest BCUT2D eigenvalue weighted by Gasteiger charge is 2.29. The fourth-order valence-corrected chi connectivity index (χ4v) is 4.89. The van der Waals surface area contributed by atoms with E-state index in [4.69, 9.17) is 4.74 Å². The molecule has 0 heterocycles. The van der Waals surface area contributed by atoms with Gasteiger partial charge in [0.1, 0.15) is 17.5 Å². The van der Waals surface area contributed by atoms with Crippen LogP contribution in [0.1, 0.15) is 26.3 Å². The van der Waals surface area contributed by atoms with Crippen molar-refractivity contribution in [3.8, 4) is 11.5 Å². The summed E-state index contributed by atoms with van der Waals surface area (Å²) < 4.78 is 31.9. The normalized spacial score (nSPS) is 12.2. The molecule has 0 spiro atoms. The van der Waals surface area contributed by atoms with Gasteiger partial charge < -0.3 is 9.64 Å². The van der Waals surface area contributed by atoms with Crippen LogP contribution < -0.4 is 19.4 Å². The molecule has 0 aromatic heterocycles. The number of hydrogen-bond acceptors (Lipinski definition) is 6. The molecular formula is C27H32N4O4S. The lowest BCUT2D eigenvalue weighted by Gasteiger charge is -2.27. The summed E-state index contributed by atoms with van der Waals surface area (Å²) in [6.45, 7) is 7.54. The third kappa shape index (κ3) is 7.08. The molecule has 0 unspecified atom stereocenters. The molecule has 0 saturated heterocycles. The van der Waals surface area contributed by atoms with Gasteiger partial charge >= 0.3 is 0 Å².